The molecule has 0 bridgehead atoms. The van der Waals surface area contributed by atoms with E-state index < -0.39 is 0 Å². The van der Waals surface area contributed by atoms with E-state index in [2.05, 4.69) is 4.98 Å². The Morgan fingerprint density at radius 3 is 3.11 bits per heavy atom. The summed E-state index contributed by atoms with van der Waals surface area (Å²) >= 11 is 1.57. The second-order valence-corrected chi connectivity index (χ2v) is 5.66. The molecule has 0 radical (unpaired) electrons. The Balaban J connectivity index is 2.01. The molecule has 2 heterocycles. The highest BCUT2D eigenvalue weighted by atomic mass is 32.1. The minimum Gasteiger partial charge on any atom is -0.383 e. The Morgan fingerprint density at radius 1 is 1.68 bits per heavy atom. The third-order valence-corrected chi connectivity index (χ3v) is 4.16. The van der Waals surface area contributed by atoms with E-state index in [1.807, 2.05) is 18.0 Å². The number of ether oxygens (including phenoxy) is 2. The van der Waals surface area contributed by atoms with E-state index in [1.54, 1.807) is 24.0 Å². The molecule has 1 aliphatic rings. The van der Waals surface area contributed by atoms with Crippen LogP contribution >= 0.6 is 11.3 Å². The Morgan fingerprint density at radius 2 is 2.53 bits per heavy atom. The Bertz CT molecular complexity index is 397. The lowest BCUT2D eigenvalue weighted by molar-refractivity contribution is -0.138. The van der Waals surface area contributed by atoms with Crippen molar-refractivity contribution in [1.29, 1.82) is 0 Å². The van der Waals surface area contributed by atoms with Gasteiger partial charge in [-0.2, -0.15) is 0 Å². The van der Waals surface area contributed by atoms with Gasteiger partial charge in [0.25, 0.3) is 0 Å². The van der Waals surface area contributed by atoms with Gasteiger partial charge in [-0.1, -0.05) is 0 Å². The average molecular weight is 284 g/mol. The summed E-state index contributed by atoms with van der Waals surface area (Å²) in [5.74, 6) is 0.139. The molecule has 19 heavy (non-hydrogen) atoms. The van der Waals surface area contributed by atoms with Gasteiger partial charge in [-0.3, -0.25) is 9.78 Å². The van der Waals surface area contributed by atoms with Crippen LogP contribution < -0.4 is 0 Å². The minimum absolute atomic E-state index is 0.0130. The summed E-state index contributed by atoms with van der Waals surface area (Å²) in [6.07, 6.45) is 2.64. The normalized spacial score (nSPS) is 22.6. The van der Waals surface area contributed by atoms with Crippen LogP contribution in [0.2, 0.25) is 0 Å². The summed E-state index contributed by atoms with van der Waals surface area (Å²) in [5.41, 5.74) is 1.79. The van der Waals surface area contributed by atoms with Gasteiger partial charge in [0.15, 0.2) is 0 Å². The fourth-order valence-electron chi connectivity index (χ4n) is 2.27. The van der Waals surface area contributed by atoms with Crippen molar-refractivity contribution in [3.8, 4) is 0 Å². The van der Waals surface area contributed by atoms with Crippen molar-refractivity contribution in [2.24, 2.45) is 5.92 Å². The zero-order valence-corrected chi connectivity index (χ0v) is 12.2. The number of thiazole rings is 1. The lowest BCUT2D eigenvalue weighted by atomic mass is 10.0. The first-order valence-electron chi connectivity index (χ1n) is 6.49. The molecule has 0 N–H and O–H groups in total. The molecule has 5 nitrogen and oxygen atoms in total. The fraction of sp³-hybridized carbons (Fsp3) is 0.692. The highest BCUT2D eigenvalue weighted by molar-refractivity contribution is 7.09. The first kappa shape index (κ1) is 14.4. The topological polar surface area (TPSA) is 51.7 Å². The molecular weight excluding hydrogens is 264 g/mol. The van der Waals surface area contributed by atoms with E-state index >= 15 is 0 Å². The van der Waals surface area contributed by atoms with Crippen molar-refractivity contribution < 1.29 is 14.3 Å². The number of amides is 1. The van der Waals surface area contributed by atoms with Crippen molar-refractivity contribution >= 4 is 17.2 Å². The lowest BCUT2D eigenvalue weighted by Crippen LogP contribution is -2.39. The standard InChI is InChI=1S/C13H20N2O3S/c1-10-12(3-5-18-10)13(16)15(4-6-17-2)8-11-7-14-9-19-11/h7,9-10,12H,3-6,8H2,1-2H3. The molecule has 1 aromatic heterocycles. The first-order chi connectivity index (χ1) is 9.22. The number of carbonyl (C=O) groups is 1. The van der Waals surface area contributed by atoms with E-state index in [-0.39, 0.29) is 17.9 Å². The summed E-state index contributed by atoms with van der Waals surface area (Å²) in [4.78, 5) is 19.6. The molecule has 0 aliphatic carbocycles. The van der Waals surface area contributed by atoms with Crippen molar-refractivity contribution in [2.45, 2.75) is 26.0 Å². The van der Waals surface area contributed by atoms with E-state index in [0.29, 0.717) is 26.3 Å². The van der Waals surface area contributed by atoms with E-state index in [0.717, 1.165) is 11.3 Å². The monoisotopic (exact) mass is 284 g/mol. The zero-order chi connectivity index (χ0) is 13.7. The van der Waals surface area contributed by atoms with Crippen LogP contribution in [-0.4, -0.2) is 48.8 Å². The molecule has 6 heteroatoms. The van der Waals surface area contributed by atoms with Gasteiger partial charge in [0.05, 0.1) is 30.7 Å². The molecule has 2 rings (SSSR count). The number of nitrogens with zero attached hydrogens (tertiary/aromatic N) is 2. The third-order valence-electron chi connectivity index (χ3n) is 3.40. The largest absolute Gasteiger partial charge is 0.383 e. The number of hydrogen-bond acceptors (Lipinski definition) is 5. The molecule has 1 aliphatic heterocycles. The maximum atomic E-state index is 12.6. The summed E-state index contributed by atoms with van der Waals surface area (Å²) in [6, 6.07) is 0. The predicted molar refractivity (Wildman–Crippen MR) is 72.9 cm³/mol. The number of carbonyl (C=O) groups excluding carboxylic acids is 1. The van der Waals surface area contributed by atoms with Crippen LogP contribution in [0.1, 0.15) is 18.2 Å². The number of rotatable bonds is 6. The van der Waals surface area contributed by atoms with Gasteiger partial charge < -0.3 is 14.4 Å². The van der Waals surface area contributed by atoms with Crippen molar-refractivity contribution in [3.63, 3.8) is 0 Å². The maximum absolute atomic E-state index is 12.6. The molecule has 1 saturated heterocycles. The third kappa shape index (κ3) is 3.75. The highest BCUT2D eigenvalue weighted by Crippen LogP contribution is 2.24. The summed E-state index contributed by atoms with van der Waals surface area (Å²) in [6.45, 7) is 4.41. The lowest BCUT2D eigenvalue weighted by Gasteiger charge is -2.26. The van der Waals surface area contributed by atoms with Gasteiger partial charge in [-0.25, -0.2) is 0 Å². The summed E-state index contributed by atoms with van der Waals surface area (Å²) in [7, 11) is 1.65. The van der Waals surface area contributed by atoms with E-state index in [9.17, 15) is 4.79 Å². The molecule has 1 fully saturated rings. The molecule has 106 valence electrons. The van der Waals surface area contributed by atoms with Crippen molar-refractivity contribution in [2.75, 3.05) is 26.9 Å². The van der Waals surface area contributed by atoms with Gasteiger partial charge in [0, 0.05) is 31.3 Å². The number of hydrogen-bond donors (Lipinski definition) is 0. The van der Waals surface area contributed by atoms with Crippen molar-refractivity contribution in [1.82, 2.24) is 9.88 Å². The molecule has 2 atom stereocenters. The number of methoxy groups -OCH3 is 1. The average Bonchev–Trinajstić information content (AvgIpc) is 3.05. The number of aromatic nitrogens is 1. The van der Waals surface area contributed by atoms with E-state index in [4.69, 9.17) is 9.47 Å². The molecule has 0 spiro atoms. The molecule has 0 aromatic carbocycles. The maximum Gasteiger partial charge on any atom is 0.228 e. The zero-order valence-electron chi connectivity index (χ0n) is 11.4. The Kier molecular flexibility index (Phi) is 5.30. The van der Waals surface area contributed by atoms with Gasteiger partial charge in [-0.15, -0.1) is 11.3 Å². The SMILES string of the molecule is COCCN(Cc1cncs1)C(=O)C1CCOC1C. The van der Waals surface area contributed by atoms with Crippen LogP contribution in [0.4, 0.5) is 0 Å². The molecule has 2 unspecified atom stereocenters. The van der Waals surface area contributed by atoms with Gasteiger partial charge >= 0.3 is 0 Å². The van der Waals surface area contributed by atoms with Crippen LogP contribution in [0.25, 0.3) is 0 Å². The molecule has 1 amide bonds. The second-order valence-electron chi connectivity index (χ2n) is 4.69. The summed E-state index contributed by atoms with van der Waals surface area (Å²) in [5, 5.41) is 0. The van der Waals surface area contributed by atoms with Crippen LogP contribution in [0.5, 0.6) is 0 Å². The Labute approximate surface area is 117 Å². The van der Waals surface area contributed by atoms with Crippen LogP contribution in [-0.2, 0) is 20.8 Å². The van der Waals surface area contributed by atoms with Crippen LogP contribution in [0, 0.1) is 5.92 Å². The second kappa shape index (κ2) is 6.98. The highest BCUT2D eigenvalue weighted by Gasteiger charge is 2.33. The van der Waals surface area contributed by atoms with Crippen molar-refractivity contribution in [3.05, 3.63) is 16.6 Å². The first-order valence-corrected chi connectivity index (χ1v) is 7.37. The van der Waals surface area contributed by atoms with Gasteiger partial charge in [0.2, 0.25) is 5.91 Å². The smallest absolute Gasteiger partial charge is 0.228 e. The van der Waals surface area contributed by atoms with Crippen LogP contribution in [0.15, 0.2) is 11.7 Å². The van der Waals surface area contributed by atoms with Gasteiger partial charge in [0.1, 0.15) is 0 Å². The van der Waals surface area contributed by atoms with E-state index in [1.165, 1.54) is 0 Å². The minimum atomic E-state index is -0.0234. The fourth-order valence-corrected chi connectivity index (χ4v) is 2.88. The van der Waals surface area contributed by atoms with Crippen LogP contribution in [0.3, 0.4) is 0 Å². The quantitative estimate of drug-likeness (QED) is 0.795. The molecular formula is C13H20N2O3S. The summed E-state index contributed by atoms with van der Waals surface area (Å²) < 4.78 is 10.6. The molecule has 0 saturated carbocycles. The Hall–Kier alpha value is -0.980. The molecule has 1 aromatic rings. The van der Waals surface area contributed by atoms with Gasteiger partial charge in [-0.05, 0) is 13.3 Å². The predicted octanol–water partition coefficient (Wildman–Crippen LogP) is 1.54.